The van der Waals surface area contributed by atoms with Crippen LogP contribution in [0.25, 0.3) is 0 Å². The molecule has 0 saturated heterocycles. The third kappa shape index (κ3) is 3.20. The van der Waals surface area contributed by atoms with Gasteiger partial charge in [-0.2, -0.15) is 10.1 Å². The maximum atomic E-state index is 11.7. The van der Waals surface area contributed by atoms with E-state index in [0.29, 0.717) is 17.9 Å². The molecule has 1 aliphatic rings. The van der Waals surface area contributed by atoms with Gasteiger partial charge < -0.3 is 4.74 Å². The molecule has 1 unspecified atom stereocenters. The number of ether oxygens (including phenoxy) is 1. The van der Waals surface area contributed by atoms with E-state index in [1.165, 1.54) is 13.8 Å². The molecule has 1 aliphatic heterocycles. The van der Waals surface area contributed by atoms with E-state index < -0.39 is 11.8 Å². The highest BCUT2D eigenvalue weighted by atomic mass is 16.5. The fourth-order valence-electron chi connectivity index (χ4n) is 2.72. The molecule has 2 amide bonds. The molecule has 5 nitrogen and oxygen atoms in total. The van der Waals surface area contributed by atoms with Crippen molar-refractivity contribution in [3.05, 3.63) is 65.7 Å². The Balaban J connectivity index is 2.04. The molecule has 1 atom stereocenters. The van der Waals surface area contributed by atoms with Crippen LogP contribution in [0.5, 0.6) is 5.75 Å². The number of hydrazone groups is 1. The number of amides is 2. The van der Waals surface area contributed by atoms with Crippen molar-refractivity contribution >= 4 is 17.5 Å². The molecule has 0 aromatic heterocycles. The summed E-state index contributed by atoms with van der Waals surface area (Å²) in [5.74, 6) is -0.117. The number of hydrogen-bond donors (Lipinski definition) is 0. The maximum absolute atomic E-state index is 11.7. The number of fused-ring (bicyclic) bond motifs is 1. The van der Waals surface area contributed by atoms with Gasteiger partial charge in [0, 0.05) is 25.8 Å². The van der Waals surface area contributed by atoms with Crippen molar-refractivity contribution in [1.82, 2.24) is 5.01 Å². The van der Waals surface area contributed by atoms with E-state index in [-0.39, 0.29) is 6.10 Å². The lowest BCUT2D eigenvalue weighted by atomic mass is 9.96. The Hall–Kier alpha value is -2.95. The van der Waals surface area contributed by atoms with Gasteiger partial charge in [-0.05, 0) is 17.7 Å². The van der Waals surface area contributed by atoms with Crippen molar-refractivity contribution in [2.75, 3.05) is 0 Å². The predicted molar refractivity (Wildman–Crippen MR) is 90.6 cm³/mol. The molecule has 2 aromatic carbocycles. The lowest BCUT2D eigenvalue weighted by molar-refractivity contribution is -0.142. The van der Waals surface area contributed by atoms with Crippen LogP contribution in [-0.4, -0.2) is 22.5 Å². The Morgan fingerprint density at radius 2 is 1.62 bits per heavy atom. The second-order valence-electron chi connectivity index (χ2n) is 5.61. The van der Waals surface area contributed by atoms with Gasteiger partial charge in [0.1, 0.15) is 11.9 Å². The van der Waals surface area contributed by atoms with Gasteiger partial charge in [-0.25, -0.2) is 0 Å². The Morgan fingerprint density at radius 3 is 2.29 bits per heavy atom. The summed E-state index contributed by atoms with van der Waals surface area (Å²) in [6.07, 6.45) is 0.276. The quantitative estimate of drug-likeness (QED) is 0.797. The Morgan fingerprint density at radius 1 is 1.00 bits per heavy atom. The van der Waals surface area contributed by atoms with Crippen LogP contribution >= 0.6 is 0 Å². The smallest absolute Gasteiger partial charge is 0.246 e. The zero-order valence-corrected chi connectivity index (χ0v) is 13.6. The van der Waals surface area contributed by atoms with E-state index in [1.807, 2.05) is 54.6 Å². The highest BCUT2D eigenvalue weighted by Gasteiger charge is 2.27. The third-order valence-electron chi connectivity index (χ3n) is 3.83. The van der Waals surface area contributed by atoms with Gasteiger partial charge in [-0.3, -0.25) is 9.59 Å². The first kappa shape index (κ1) is 15.9. The summed E-state index contributed by atoms with van der Waals surface area (Å²) >= 11 is 0. The Bertz CT molecular complexity index is 785. The standard InChI is InChI=1S/C19H18N2O3/c1-13(22)21(14(2)23)20-17-12-19(15-8-4-3-5-9-15)24-18-11-7-6-10-16(17)18/h3-11,19H,12H2,1-2H3/b20-17-. The maximum Gasteiger partial charge on any atom is 0.246 e. The average molecular weight is 322 g/mol. The van der Waals surface area contributed by atoms with E-state index in [0.717, 1.165) is 16.1 Å². The van der Waals surface area contributed by atoms with Gasteiger partial charge in [0.25, 0.3) is 0 Å². The largest absolute Gasteiger partial charge is 0.485 e. The van der Waals surface area contributed by atoms with Crippen LogP contribution in [0.4, 0.5) is 0 Å². The van der Waals surface area contributed by atoms with Crippen LogP contribution < -0.4 is 4.74 Å². The van der Waals surface area contributed by atoms with Crippen LogP contribution in [0, 0.1) is 0 Å². The molecule has 0 aliphatic carbocycles. The lowest BCUT2D eigenvalue weighted by Crippen LogP contribution is -2.31. The summed E-state index contributed by atoms with van der Waals surface area (Å²) in [6, 6.07) is 17.3. The molecule has 0 radical (unpaired) electrons. The number of carbonyl (C=O) groups excluding carboxylic acids is 2. The Kier molecular flexibility index (Phi) is 4.42. The van der Waals surface area contributed by atoms with E-state index in [4.69, 9.17) is 4.74 Å². The number of rotatable bonds is 2. The first-order valence-corrected chi connectivity index (χ1v) is 7.76. The van der Waals surface area contributed by atoms with Gasteiger partial charge in [0.05, 0.1) is 5.71 Å². The average Bonchev–Trinajstić information content (AvgIpc) is 2.59. The number of carbonyl (C=O) groups is 2. The topological polar surface area (TPSA) is 59.0 Å². The normalized spacial score (nSPS) is 17.8. The van der Waals surface area contributed by atoms with Crippen molar-refractivity contribution in [1.29, 1.82) is 0 Å². The third-order valence-corrected chi connectivity index (χ3v) is 3.83. The summed E-state index contributed by atoms with van der Waals surface area (Å²) in [5, 5.41) is 5.22. The van der Waals surface area contributed by atoms with Crippen LogP contribution in [0.2, 0.25) is 0 Å². The van der Waals surface area contributed by atoms with Crippen LogP contribution in [0.1, 0.15) is 37.5 Å². The van der Waals surface area contributed by atoms with Crippen LogP contribution in [-0.2, 0) is 9.59 Å². The van der Waals surface area contributed by atoms with Crippen LogP contribution in [0.3, 0.4) is 0 Å². The van der Waals surface area contributed by atoms with Crippen molar-refractivity contribution in [2.24, 2.45) is 5.10 Å². The molecule has 0 saturated carbocycles. The highest BCUT2D eigenvalue weighted by molar-refractivity contribution is 6.05. The summed E-state index contributed by atoms with van der Waals surface area (Å²) in [7, 11) is 0. The van der Waals surface area contributed by atoms with E-state index >= 15 is 0 Å². The minimum absolute atomic E-state index is 0.208. The summed E-state index contributed by atoms with van der Waals surface area (Å²) in [5.41, 5.74) is 2.49. The first-order valence-electron chi connectivity index (χ1n) is 7.76. The molecular formula is C19H18N2O3. The molecule has 5 heteroatoms. The molecule has 122 valence electrons. The fourth-order valence-corrected chi connectivity index (χ4v) is 2.72. The zero-order chi connectivity index (χ0) is 17.1. The number of benzene rings is 2. The second-order valence-corrected chi connectivity index (χ2v) is 5.61. The van der Waals surface area contributed by atoms with Gasteiger partial charge in [0.2, 0.25) is 11.8 Å². The molecule has 2 aromatic rings. The molecule has 0 N–H and O–H groups in total. The van der Waals surface area contributed by atoms with Gasteiger partial charge >= 0.3 is 0 Å². The molecule has 1 heterocycles. The molecular weight excluding hydrogens is 304 g/mol. The lowest BCUT2D eigenvalue weighted by Gasteiger charge is -2.28. The molecule has 24 heavy (non-hydrogen) atoms. The minimum atomic E-state index is -0.407. The van der Waals surface area contributed by atoms with Crippen molar-refractivity contribution < 1.29 is 14.3 Å². The number of imide groups is 1. The zero-order valence-electron chi connectivity index (χ0n) is 13.6. The summed E-state index contributed by atoms with van der Waals surface area (Å²) < 4.78 is 6.08. The fraction of sp³-hybridized carbons (Fsp3) is 0.211. The van der Waals surface area contributed by atoms with Crippen LogP contribution in [0.15, 0.2) is 59.7 Å². The number of nitrogens with zero attached hydrogens (tertiary/aromatic N) is 2. The van der Waals surface area contributed by atoms with Gasteiger partial charge in [-0.15, -0.1) is 0 Å². The van der Waals surface area contributed by atoms with Crippen molar-refractivity contribution in [3.63, 3.8) is 0 Å². The highest BCUT2D eigenvalue weighted by Crippen LogP contribution is 2.35. The second kappa shape index (κ2) is 6.66. The van der Waals surface area contributed by atoms with Crippen molar-refractivity contribution in [3.8, 4) is 5.75 Å². The summed E-state index contributed by atoms with van der Waals surface area (Å²) in [4.78, 5) is 23.4. The van der Waals surface area contributed by atoms with Gasteiger partial charge in [-0.1, -0.05) is 42.5 Å². The Labute approximate surface area is 140 Å². The van der Waals surface area contributed by atoms with Crippen molar-refractivity contribution in [2.45, 2.75) is 26.4 Å². The SMILES string of the molecule is CC(=O)N(/N=C1/CC(c2ccccc2)Oc2ccccc21)C(C)=O. The van der Waals surface area contributed by atoms with E-state index in [1.54, 1.807) is 0 Å². The van der Waals surface area contributed by atoms with E-state index in [2.05, 4.69) is 5.10 Å². The summed E-state index contributed by atoms with van der Waals surface area (Å²) in [6.45, 7) is 2.65. The molecule has 0 bridgehead atoms. The molecule has 0 spiro atoms. The van der Waals surface area contributed by atoms with E-state index in [9.17, 15) is 9.59 Å². The molecule has 3 rings (SSSR count). The minimum Gasteiger partial charge on any atom is -0.485 e. The predicted octanol–water partition coefficient (Wildman–Crippen LogP) is 3.31. The number of para-hydroxylation sites is 1. The monoisotopic (exact) mass is 322 g/mol. The van der Waals surface area contributed by atoms with Gasteiger partial charge in [0.15, 0.2) is 0 Å². The molecule has 0 fully saturated rings. The first-order chi connectivity index (χ1) is 11.6. The number of hydrogen-bond acceptors (Lipinski definition) is 4.